The van der Waals surface area contributed by atoms with Gasteiger partial charge in [-0.15, -0.1) is 0 Å². The maximum Gasteiger partial charge on any atom is 0.358 e. The monoisotopic (exact) mass is 296 g/mol. The highest BCUT2D eigenvalue weighted by atomic mass is 31.2. The molecule has 1 heterocycles. The van der Waals surface area contributed by atoms with Gasteiger partial charge in [-0.05, 0) is 17.7 Å². The zero-order valence-electron chi connectivity index (χ0n) is 12.5. The molecule has 2 rings (SSSR count). The lowest BCUT2D eigenvalue weighted by molar-refractivity contribution is 0.264. The Balaban J connectivity index is 2.61. The average Bonchev–Trinajstić information content (AvgIpc) is 2.46. The molecule has 0 saturated heterocycles. The van der Waals surface area contributed by atoms with Crippen LogP contribution in [0.5, 0.6) is 0 Å². The average molecular weight is 296 g/mol. The van der Waals surface area contributed by atoms with Gasteiger partial charge in [-0.2, -0.15) is 0 Å². The molecule has 1 aliphatic rings. The normalized spacial score (nSPS) is 18.6. The van der Waals surface area contributed by atoms with Crippen LogP contribution in [0.4, 0.5) is 5.69 Å². The van der Waals surface area contributed by atoms with Crippen LogP contribution < -0.4 is 4.90 Å². The van der Waals surface area contributed by atoms with Crippen LogP contribution in [0.15, 0.2) is 30.0 Å². The van der Waals surface area contributed by atoms with E-state index in [1.807, 2.05) is 61.3 Å². The second kappa shape index (κ2) is 5.60. The standard InChI is InChI=1S/C14H21N2O3P/c1-15(2)13-10-11-8-6-7-9-12(11)16(3)14(13)20(17,18-4)19-5/h6-10,14H,1-5H3. The van der Waals surface area contributed by atoms with Gasteiger partial charge in [-0.3, -0.25) is 4.57 Å². The first-order chi connectivity index (χ1) is 9.44. The first kappa shape index (κ1) is 15.1. The number of likely N-dealkylation sites (N-methyl/N-ethyl adjacent to an activating group) is 2. The molecule has 6 heteroatoms. The molecule has 0 fully saturated rings. The van der Waals surface area contributed by atoms with Crippen molar-refractivity contribution in [1.82, 2.24) is 4.90 Å². The number of para-hydroxylation sites is 1. The summed E-state index contributed by atoms with van der Waals surface area (Å²) in [6, 6.07) is 7.99. The van der Waals surface area contributed by atoms with E-state index in [9.17, 15) is 4.57 Å². The van der Waals surface area contributed by atoms with Crippen LogP contribution in [0.3, 0.4) is 0 Å². The lowest BCUT2D eigenvalue weighted by Gasteiger charge is -2.40. The Morgan fingerprint density at radius 1 is 1.20 bits per heavy atom. The molecule has 0 N–H and O–H groups in total. The Morgan fingerprint density at radius 2 is 1.80 bits per heavy atom. The molecule has 0 aromatic heterocycles. The molecule has 5 nitrogen and oxygen atoms in total. The van der Waals surface area contributed by atoms with Crippen molar-refractivity contribution in [2.24, 2.45) is 0 Å². The molecule has 0 spiro atoms. The number of anilines is 1. The molecule has 1 aromatic rings. The Morgan fingerprint density at radius 3 is 2.35 bits per heavy atom. The summed E-state index contributed by atoms with van der Waals surface area (Å²) >= 11 is 0. The van der Waals surface area contributed by atoms with E-state index >= 15 is 0 Å². The van der Waals surface area contributed by atoms with Gasteiger partial charge in [0.25, 0.3) is 0 Å². The molecular formula is C14H21N2O3P. The zero-order valence-corrected chi connectivity index (χ0v) is 13.4. The molecule has 1 unspecified atom stereocenters. The van der Waals surface area contributed by atoms with Gasteiger partial charge in [0.2, 0.25) is 0 Å². The van der Waals surface area contributed by atoms with E-state index in [2.05, 4.69) is 0 Å². The third-order valence-corrected chi connectivity index (χ3v) is 5.80. The van der Waals surface area contributed by atoms with Crippen LogP contribution in [-0.2, 0) is 13.6 Å². The lowest BCUT2D eigenvalue weighted by atomic mass is 10.1. The van der Waals surface area contributed by atoms with Crippen molar-refractivity contribution in [1.29, 1.82) is 0 Å². The highest BCUT2D eigenvalue weighted by Crippen LogP contribution is 2.57. The molecule has 0 bridgehead atoms. The van der Waals surface area contributed by atoms with E-state index < -0.39 is 13.4 Å². The number of benzene rings is 1. The van der Waals surface area contributed by atoms with Gasteiger partial charge < -0.3 is 18.8 Å². The first-order valence-corrected chi connectivity index (χ1v) is 7.97. The molecule has 110 valence electrons. The number of nitrogens with zero attached hydrogens (tertiary/aromatic N) is 2. The number of fused-ring (bicyclic) bond motifs is 1. The molecule has 0 amide bonds. The van der Waals surface area contributed by atoms with E-state index in [0.29, 0.717) is 0 Å². The van der Waals surface area contributed by atoms with Crippen molar-refractivity contribution in [2.45, 2.75) is 5.78 Å². The Kier molecular flexibility index (Phi) is 4.23. The van der Waals surface area contributed by atoms with E-state index in [1.165, 1.54) is 14.2 Å². The maximum atomic E-state index is 12.9. The van der Waals surface area contributed by atoms with Crippen molar-refractivity contribution < 1.29 is 13.6 Å². The Hall–Kier alpha value is -1.29. The van der Waals surface area contributed by atoms with Crippen molar-refractivity contribution in [3.05, 3.63) is 35.5 Å². The molecule has 0 saturated carbocycles. The first-order valence-electron chi connectivity index (χ1n) is 6.36. The van der Waals surface area contributed by atoms with E-state index in [-0.39, 0.29) is 0 Å². The number of hydrogen-bond acceptors (Lipinski definition) is 5. The molecular weight excluding hydrogens is 275 g/mol. The molecule has 1 aromatic carbocycles. The lowest BCUT2D eigenvalue weighted by Crippen LogP contribution is -2.40. The summed E-state index contributed by atoms with van der Waals surface area (Å²) in [7, 11) is 5.34. The van der Waals surface area contributed by atoms with Gasteiger partial charge in [0.1, 0.15) is 0 Å². The Labute approximate surface area is 120 Å². The van der Waals surface area contributed by atoms with Crippen molar-refractivity contribution in [3.63, 3.8) is 0 Å². The summed E-state index contributed by atoms with van der Waals surface area (Å²) in [6.07, 6.45) is 2.03. The molecule has 0 aliphatic carbocycles. The molecule has 20 heavy (non-hydrogen) atoms. The zero-order chi connectivity index (χ0) is 14.9. The van der Waals surface area contributed by atoms with Crippen LogP contribution in [0.25, 0.3) is 6.08 Å². The molecule has 0 radical (unpaired) electrons. The van der Waals surface area contributed by atoms with Gasteiger partial charge >= 0.3 is 7.60 Å². The third kappa shape index (κ3) is 2.37. The summed E-state index contributed by atoms with van der Waals surface area (Å²) in [4.78, 5) is 3.90. The number of hydrogen-bond donors (Lipinski definition) is 0. The highest BCUT2D eigenvalue weighted by molar-refractivity contribution is 7.55. The molecule has 1 aliphatic heterocycles. The smallest absolute Gasteiger partial charge is 0.358 e. The van der Waals surface area contributed by atoms with Crippen molar-refractivity contribution >= 4 is 19.4 Å². The van der Waals surface area contributed by atoms with Gasteiger partial charge in [-0.25, -0.2) is 0 Å². The summed E-state index contributed by atoms with van der Waals surface area (Å²) in [5.74, 6) is -0.456. The van der Waals surface area contributed by atoms with Crippen LogP contribution in [0, 0.1) is 0 Å². The fraction of sp³-hybridized carbons (Fsp3) is 0.429. The molecule has 1 atom stereocenters. The van der Waals surface area contributed by atoms with Crippen molar-refractivity contribution in [3.8, 4) is 0 Å². The van der Waals surface area contributed by atoms with Crippen LogP contribution in [0.2, 0.25) is 0 Å². The van der Waals surface area contributed by atoms with Gasteiger partial charge in [-0.1, -0.05) is 18.2 Å². The fourth-order valence-corrected chi connectivity index (χ4v) is 4.23. The minimum atomic E-state index is -3.26. The predicted molar refractivity (Wildman–Crippen MR) is 81.9 cm³/mol. The van der Waals surface area contributed by atoms with Gasteiger partial charge in [0, 0.05) is 46.7 Å². The predicted octanol–water partition coefficient (Wildman–Crippen LogP) is 2.85. The largest absolute Gasteiger partial charge is 0.379 e. The van der Waals surface area contributed by atoms with Crippen molar-refractivity contribution in [2.75, 3.05) is 40.3 Å². The topological polar surface area (TPSA) is 42.0 Å². The minimum Gasteiger partial charge on any atom is -0.379 e. The summed E-state index contributed by atoms with van der Waals surface area (Å²) in [5.41, 5.74) is 3.00. The summed E-state index contributed by atoms with van der Waals surface area (Å²) < 4.78 is 23.3. The summed E-state index contributed by atoms with van der Waals surface area (Å²) in [6.45, 7) is 0. The fourth-order valence-electron chi connectivity index (χ4n) is 2.50. The maximum absolute atomic E-state index is 12.9. The van der Waals surface area contributed by atoms with E-state index in [1.54, 1.807) is 0 Å². The van der Waals surface area contributed by atoms with E-state index in [0.717, 1.165) is 16.9 Å². The van der Waals surface area contributed by atoms with E-state index in [4.69, 9.17) is 9.05 Å². The second-order valence-electron chi connectivity index (χ2n) is 4.91. The van der Waals surface area contributed by atoms with Gasteiger partial charge in [0.15, 0.2) is 5.78 Å². The SMILES string of the molecule is COP(=O)(OC)C1C(N(C)C)=Cc2ccccc2N1C. The minimum absolute atomic E-state index is 0.456. The number of rotatable bonds is 4. The van der Waals surface area contributed by atoms with Crippen LogP contribution in [0.1, 0.15) is 5.56 Å². The summed E-state index contributed by atoms with van der Waals surface area (Å²) in [5, 5.41) is 0. The van der Waals surface area contributed by atoms with Crippen LogP contribution in [-0.4, -0.2) is 46.0 Å². The quantitative estimate of drug-likeness (QED) is 0.799. The van der Waals surface area contributed by atoms with Gasteiger partial charge in [0.05, 0.1) is 0 Å². The third-order valence-electron chi connectivity index (χ3n) is 3.58. The Bertz CT molecular complexity index is 563. The van der Waals surface area contributed by atoms with Crippen LogP contribution >= 0.6 is 7.60 Å². The highest BCUT2D eigenvalue weighted by Gasteiger charge is 2.43. The second-order valence-corrected chi connectivity index (χ2v) is 7.21.